The van der Waals surface area contributed by atoms with Gasteiger partial charge in [0.15, 0.2) is 0 Å². The molecule has 78 valence electrons. The quantitative estimate of drug-likeness (QED) is 0.879. The summed E-state index contributed by atoms with van der Waals surface area (Å²) < 4.78 is 17.0. The van der Waals surface area contributed by atoms with E-state index < -0.39 is 0 Å². The van der Waals surface area contributed by atoms with Crippen LogP contribution in [0.3, 0.4) is 0 Å². The van der Waals surface area contributed by atoms with E-state index in [9.17, 15) is 4.39 Å². The van der Waals surface area contributed by atoms with Crippen molar-refractivity contribution in [1.29, 1.82) is 0 Å². The molecule has 0 unspecified atom stereocenters. The number of aromatic nitrogens is 1. The summed E-state index contributed by atoms with van der Waals surface area (Å²) in [7, 11) is 0. The average Bonchev–Trinajstić information content (AvgIpc) is 2.66. The molecule has 1 heterocycles. The van der Waals surface area contributed by atoms with Crippen LogP contribution in [0.25, 0.3) is 11.3 Å². The third-order valence-electron chi connectivity index (χ3n) is 1.97. The zero-order chi connectivity index (χ0) is 10.8. The van der Waals surface area contributed by atoms with Crippen molar-refractivity contribution < 1.29 is 4.39 Å². The molecule has 1 aromatic carbocycles. The molecule has 5 heteroatoms. The fourth-order valence-corrected chi connectivity index (χ4v) is 2.10. The van der Waals surface area contributed by atoms with Crippen molar-refractivity contribution in [3.63, 3.8) is 0 Å². The fourth-order valence-electron chi connectivity index (χ4n) is 1.23. The van der Waals surface area contributed by atoms with E-state index in [0.717, 1.165) is 16.1 Å². The van der Waals surface area contributed by atoms with Crippen LogP contribution < -0.4 is 5.73 Å². The van der Waals surface area contributed by atoms with Gasteiger partial charge in [0.25, 0.3) is 0 Å². The van der Waals surface area contributed by atoms with Gasteiger partial charge in [-0.15, -0.1) is 0 Å². The van der Waals surface area contributed by atoms with Crippen LogP contribution in [0.15, 0.2) is 24.3 Å². The lowest BCUT2D eigenvalue weighted by atomic mass is 10.1. The van der Waals surface area contributed by atoms with Crippen molar-refractivity contribution >= 4 is 23.1 Å². The highest BCUT2D eigenvalue weighted by Gasteiger charge is 2.08. The third kappa shape index (κ3) is 2.17. The fraction of sp³-hybridized carbons (Fsp3) is 0.100. The summed E-state index contributed by atoms with van der Waals surface area (Å²) in [5, 5.41) is 0.365. The first kappa shape index (κ1) is 10.5. The third-order valence-corrected chi connectivity index (χ3v) is 3.09. The lowest BCUT2D eigenvalue weighted by Gasteiger charge is -1.99. The molecule has 0 amide bonds. The first-order valence-corrected chi connectivity index (χ1v) is 5.47. The van der Waals surface area contributed by atoms with Gasteiger partial charge in [0.2, 0.25) is 0 Å². The molecule has 0 aliphatic rings. The van der Waals surface area contributed by atoms with Gasteiger partial charge in [0.1, 0.15) is 5.82 Å². The topological polar surface area (TPSA) is 38.9 Å². The Labute approximate surface area is 95.7 Å². The largest absolute Gasteiger partial charge is 0.326 e. The molecule has 0 saturated heterocycles. The Kier molecular flexibility index (Phi) is 3.00. The molecule has 0 fully saturated rings. The van der Waals surface area contributed by atoms with Crippen LogP contribution in [0, 0.1) is 5.82 Å². The Morgan fingerprint density at radius 2 is 2.20 bits per heavy atom. The zero-order valence-electron chi connectivity index (χ0n) is 7.71. The van der Waals surface area contributed by atoms with E-state index in [1.54, 1.807) is 6.07 Å². The van der Waals surface area contributed by atoms with Crippen LogP contribution in [-0.4, -0.2) is 4.37 Å². The van der Waals surface area contributed by atoms with Crippen LogP contribution in [0.5, 0.6) is 0 Å². The predicted octanol–water partition coefficient (Wildman–Crippen LogP) is 3.06. The van der Waals surface area contributed by atoms with E-state index in [1.807, 2.05) is 6.07 Å². The van der Waals surface area contributed by atoms with Crippen LogP contribution in [-0.2, 0) is 6.54 Å². The van der Waals surface area contributed by atoms with Gasteiger partial charge in [-0.05, 0) is 35.8 Å². The molecule has 0 spiro atoms. The van der Waals surface area contributed by atoms with Crippen LogP contribution in [0.1, 0.15) is 4.88 Å². The molecule has 0 aliphatic heterocycles. The van der Waals surface area contributed by atoms with Gasteiger partial charge >= 0.3 is 0 Å². The molecule has 0 radical (unpaired) electrons. The molecule has 1 aromatic heterocycles. The van der Waals surface area contributed by atoms with E-state index in [0.29, 0.717) is 11.6 Å². The van der Waals surface area contributed by atoms with Crippen molar-refractivity contribution in [3.05, 3.63) is 40.0 Å². The van der Waals surface area contributed by atoms with Crippen LogP contribution in [0.2, 0.25) is 5.02 Å². The maximum atomic E-state index is 12.8. The van der Waals surface area contributed by atoms with E-state index in [-0.39, 0.29) is 5.82 Å². The monoisotopic (exact) mass is 242 g/mol. The van der Waals surface area contributed by atoms with Gasteiger partial charge in [0, 0.05) is 17.0 Å². The standard InChI is InChI=1S/C10H8ClFN2S/c11-9-3-6(12)1-2-8(9)10-4-7(5-13)15-14-10/h1-4H,5,13H2. The van der Waals surface area contributed by atoms with Crippen molar-refractivity contribution in [2.75, 3.05) is 0 Å². The Morgan fingerprint density at radius 3 is 2.80 bits per heavy atom. The Balaban J connectivity index is 2.44. The first-order chi connectivity index (χ1) is 7.20. The highest BCUT2D eigenvalue weighted by atomic mass is 35.5. The van der Waals surface area contributed by atoms with E-state index in [1.165, 1.54) is 23.7 Å². The lowest BCUT2D eigenvalue weighted by Crippen LogP contribution is -1.91. The van der Waals surface area contributed by atoms with Gasteiger partial charge in [-0.1, -0.05) is 11.6 Å². The van der Waals surface area contributed by atoms with Crippen LogP contribution in [0.4, 0.5) is 4.39 Å². The van der Waals surface area contributed by atoms with Crippen molar-refractivity contribution in [1.82, 2.24) is 4.37 Å². The highest BCUT2D eigenvalue weighted by Crippen LogP contribution is 2.29. The number of hydrogen-bond acceptors (Lipinski definition) is 3. The van der Waals surface area contributed by atoms with Crippen LogP contribution >= 0.6 is 23.1 Å². The molecule has 0 saturated carbocycles. The molecule has 2 N–H and O–H groups in total. The lowest BCUT2D eigenvalue weighted by molar-refractivity contribution is 0.628. The Morgan fingerprint density at radius 1 is 1.40 bits per heavy atom. The Hall–Kier alpha value is -0.970. The number of nitrogens with two attached hydrogens (primary N) is 1. The van der Waals surface area contributed by atoms with Gasteiger partial charge in [-0.3, -0.25) is 0 Å². The van der Waals surface area contributed by atoms with Gasteiger partial charge < -0.3 is 5.73 Å². The number of nitrogens with zero attached hydrogens (tertiary/aromatic N) is 1. The number of rotatable bonds is 2. The molecular weight excluding hydrogens is 235 g/mol. The second-order valence-electron chi connectivity index (χ2n) is 3.01. The number of benzene rings is 1. The minimum atomic E-state index is -0.349. The molecule has 2 rings (SSSR count). The van der Waals surface area contributed by atoms with E-state index in [2.05, 4.69) is 4.37 Å². The van der Waals surface area contributed by atoms with Gasteiger partial charge in [-0.2, -0.15) is 4.37 Å². The smallest absolute Gasteiger partial charge is 0.124 e. The van der Waals surface area contributed by atoms with Gasteiger partial charge in [-0.25, -0.2) is 4.39 Å². The second-order valence-corrected chi connectivity index (χ2v) is 4.30. The summed E-state index contributed by atoms with van der Waals surface area (Å²) in [5.41, 5.74) is 6.95. The molecular formula is C10H8ClFN2S. The molecule has 0 bridgehead atoms. The first-order valence-electron chi connectivity index (χ1n) is 4.32. The predicted molar refractivity (Wildman–Crippen MR) is 60.4 cm³/mol. The molecule has 0 atom stereocenters. The second kappa shape index (κ2) is 4.26. The minimum Gasteiger partial charge on any atom is -0.326 e. The van der Waals surface area contributed by atoms with Crippen molar-refractivity contribution in [2.24, 2.45) is 5.73 Å². The Bertz CT molecular complexity index is 484. The molecule has 2 aromatic rings. The van der Waals surface area contributed by atoms with E-state index in [4.69, 9.17) is 17.3 Å². The molecule has 0 aliphatic carbocycles. The maximum absolute atomic E-state index is 12.8. The van der Waals surface area contributed by atoms with Crippen molar-refractivity contribution in [3.8, 4) is 11.3 Å². The summed E-state index contributed by atoms with van der Waals surface area (Å²) in [6.07, 6.45) is 0. The maximum Gasteiger partial charge on any atom is 0.124 e. The van der Waals surface area contributed by atoms with Gasteiger partial charge in [0.05, 0.1) is 10.7 Å². The SMILES string of the molecule is NCc1cc(-c2ccc(F)cc2Cl)ns1. The summed E-state index contributed by atoms with van der Waals surface area (Å²) >= 11 is 7.24. The number of hydrogen-bond donors (Lipinski definition) is 1. The van der Waals surface area contributed by atoms with E-state index >= 15 is 0 Å². The summed E-state index contributed by atoms with van der Waals surface area (Å²) in [5.74, 6) is -0.349. The summed E-state index contributed by atoms with van der Waals surface area (Å²) in [6.45, 7) is 0.455. The summed E-state index contributed by atoms with van der Waals surface area (Å²) in [4.78, 5) is 0.977. The van der Waals surface area contributed by atoms with Crippen molar-refractivity contribution in [2.45, 2.75) is 6.54 Å². The zero-order valence-corrected chi connectivity index (χ0v) is 9.28. The minimum absolute atomic E-state index is 0.349. The average molecular weight is 243 g/mol. The number of halogens is 2. The molecule has 15 heavy (non-hydrogen) atoms. The normalized spacial score (nSPS) is 10.6. The summed E-state index contributed by atoms with van der Waals surface area (Å²) in [6, 6.07) is 6.12. The highest BCUT2D eigenvalue weighted by molar-refractivity contribution is 7.06. The molecule has 2 nitrogen and oxygen atoms in total.